The molecule has 0 heterocycles. The predicted molar refractivity (Wildman–Crippen MR) is 102 cm³/mol. The molecule has 0 radical (unpaired) electrons. The molecule has 1 N–H and O–H groups in total. The molecule has 2 rings (SSSR count). The van der Waals surface area contributed by atoms with Crippen molar-refractivity contribution in [1.82, 2.24) is 10.2 Å². The Balaban J connectivity index is 1.83. The average Bonchev–Trinajstić information content (AvgIpc) is 2.64. The number of ether oxygens (including phenoxy) is 1. The van der Waals surface area contributed by atoms with Gasteiger partial charge in [-0.25, -0.2) is 0 Å². The van der Waals surface area contributed by atoms with Crippen molar-refractivity contribution in [3.05, 3.63) is 64.7 Å². The summed E-state index contributed by atoms with van der Waals surface area (Å²) in [6, 6.07) is 14.9. The average molecular weight is 375 g/mol. The van der Waals surface area contributed by atoms with Crippen molar-refractivity contribution in [1.29, 1.82) is 0 Å². The number of carbonyl (C=O) groups excluding carboxylic acids is 2. The van der Waals surface area contributed by atoms with Crippen molar-refractivity contribution >= 4 is 23.4 Å². The summed E-state index contributed by atoms with van der Waals surface area (Å²) in [4.78, 5) is 25.5. The van der Waals surface area contributed by atoms with Gasteiger partial charge in [-0.1, -0.05) is 35.9 Å². The summed E-state index contributed by atoms with van der Waals surface area (Å²) in [7, 11) is 1.62. The van der Waals surface area contributed by atoms with E-state index in [0.29, 0.717) is 24.5 Å². The van der Waals surface area contributed by atoms with Gasteiger partial charge in [-0.05, 0) is 41.8 Å². The van der Waals surface area contributed by atoms with E-state index in [-0.39, 0.29) is 18.4 Å². The molecule has 0 saturated heterocycles. The Hall–Kier alpha value is -2.53. The molecular weight excluding hydrogens is 352 g/mol. The van der Waals surface area contributed by atoms with Gasteiger partial charge in [-0.2, -0.15) is 0 Å². The third-order valence-electron chi connectivity index (χ3n) is 4.01. The van der Waals surface area contributed by atoms with Crippen LogP contribution in [-0.4, -0.2) is 36.9 Å². The van der Waals surface area contributed by atoms with Gasteiger partial charge in [0.1, 0.15) is 5.75 Å². The Labute approximate surface area is 158 Å². The number of rotatable bonds is 8. The summed E-state index contributed by atoms with van der Waals surface area (Å²) in [5.41, 5.74) is 2.04. The standard InChI is InChI=1S/C20H23ClN2O3/c1-15(24)23(12-11-16-5-9-19(26-2)10-6-16)14-20(25)22-13-17-3-7-18(21)8-4-17/h3-10H,11-14H2,1-2H3,(H,22,25). The lowest BCUT2D eigenvalue weighted by atomic mass is 10.1. The molecule has 6 heteroatoms. The highest BCUT2D eigenvalue weighted by Gasteiger charge is 2.13. The molecule has 0 atom stereocenters. The third-order valence-corrected chi connectivity index (χ3v) is 4.26. The van der Waals surface area contributed by atoms with Gasteiger partial charge in [-0.15, -0.1) is 0 Å². The smallest absolute Gasteiger partial charge is 0.239 e. The van der Waals surface area contributed by atoms with Crippen LogP contribution in [0.1, 0.15) is 18.1 Å². The van der Waals surface area contributed by atoms with Gasteiger partial charge >= 0.3 is 0 Å². The van der Waals surface area contributed by atoms with Crippen molar-refractivity contribution in [2.45, 2.75) is 19.9 Å². The van der Waals surface area contributed by atoms with Gasteiger partial charge < -0.3 is 15.0 Å². The van der Waals surface area contributed by atoms with Crippen molar-refractivity contribution in [3.8, 4) is 5.75 Å². The van der Waals surface area contributed by atoms with Crippen LogP contribution in [0.25, 0.3) is 0 Å². The summed E-state index contributed by atoms with van der Waals surface area (Å²) in [6.07, 6.45) is 0.675. The van der Waals surface area contributed by atoms with Crippen LogP contribution < -0.4 is 10.1 Å². The normalized spacial score (nSPS) is 10.3. The van der Waals surface area contributed by atoms with E-state index < -0.39 is 0 Å². The summed E-state index contributed by atoms with van der Waals surface area (Å²) >= 11 is 5.84. The molecule has 2 amide bonds. The molecule has 26 heavy (non-hydrogen) atoms. The van der Waals surface area contributed by atoms with Gasteiger partial charge in [0.15, 0.2) is 0 Å². The second-order valence-corrected chi connectivity index (χ2v) is 6.38. The van der Waals surface area contributed by atoms with E-state index in [4.69, 9.17) is 16.3 Å². The van der Waals surface area contributed by atoms with E-state index in [1.165, 1.54) is 6.92 Å². The molecule has 0 spiro atoms. The van der Waals surface area contributed by atoms with E-state index in [0.717, 1.165) is 16.9 Å². The van der Waals surface area contributed by atoms with Crippen LogP contribution in [0, 0.1) is 0 Å². The molecule has 2 aromatic rings. The summed E-state index contributed by atoms with van der Waals surface area (Å²) in [5, 5.41) is 3.48. The monoisotopic (exact) mass is 374 g/mol. The zero-order valence-electron chi connectivity index (χ0n) is 15.0. The number of hydrogen-bond acceptors (Lipinski definition) is 3. The van der Waals surface area contributed by atoms with Gasteiger partial charge in [0.25, 0.3) is 0 Å². The predicted octanol–water partition coefficient (Wildman–Crippen LogP) is 3.06. The second-order valence-electron chi connectivity index (χ2n) is 5.94. The van der Waals surface area contributed by atoms with E-state index in [1.54, 1.807) is 24.1 Å². The second kappa shape index (κ2) is 9.82. The lowest BCUT2D eigenvalue weighted by Crippen LogP contribution is -2.40. The van der Waals surface area contributed by atoms with Gasteiger partial charge in [0, 0.05) is 25.0 Å². The summed E-state index contributed by atoms with van der Waals surface area (Å²) in [6.45, 7) is 2.40. The lowest BCUT2D eigenvalue weighted by Gasteiger charge is -2.20. The molecule has 0 bridgehead atoms. The number of nitrogens with one attached hydrogen (secondary N) is 1. The van der Waals surface area contributed by atoms with Gasteiger partial charge in [0.2, 0.25) is 11.8 Å². The Kier molecular flexibility index (Phi) is 7.48. The molecule has 5 nitrogen and oxygen atoms in total. The highest BCUT2D eigenvalue weighted by atomic mass is 35.5. The van der Waals surface area contributed by atoms with E-state index in [9.17, 15) is 9.59 Å². The lowest BCUT2D eigenvalue weighted by molar-refractivity contribution is -0.134. The fraction of sp³-hybridized carbons (Fsp3) is 0.300. The molecule has 0 aliphatic heterocycles. The summed E-state index contributed by atoms with van der Waals surface area (Å²) in [5.74, 6) is 0.476. The zero-order valence-corrected chi connectivity index (χ0v) is 15.8. The maximum Gasteiger partial charge on any atom is 0.239 e. The van der Waals surface area contributed by atoms with Crippen LogP contribution in [-0.2, 0) is 22.6 Å². The minimum Gasteiger partial charge on any atom is -0.497 e. The largest absolute Gasteiger partial charge is 0.497 e. The molecular formula is C20H23ClN2O3. The highest BCUT2D eigenvalue weighted by Crippen LogP contribution is 2.12. The highest BCUT2D eigenvalue weighted by molar-refractivity contribution is 6.30. The Morgan fingerprint density at radius 2 is 1.65 bits per heavy atom. The molecule has 0 aliphatic rings. The maximum absolute atomic E-state index is 12.1. The quantitative estimate of drug-likeness (QED) is 0.772. The number of methoxy groups -OCH3 is 1. The number of benzene rings is 2. The van der Waals surface area contributed by atoms with Crippen LogP contribution in [0.4, 0.5) is 0 Å². The van der Waals surface area contributed by atoms with E-state index >= 15 is 0 Å². The first-order chi connectivity index (χ1) is 12.5. The molecule has 2 aromatic carbocycles. The molecule has 0 unspecified atom stereocenters. The Morgan fingerprint density at radius 1 is 1.04 bits per heavy atom. The molecule has 138 valence electrons. The van der Waals surface area contributed by atoms with Crippen LogP contribution in [0.5, 0.6) is 5.75 Å². The Morgan fingerprint density at radius 3 is 2.23 bits per heavy atom. The van der Waals surface area contributed by atoms with Crippen LogP contribution in [0.15, 0.2) is 48.5 Å². The fourth-order valence-electron chi connectivity index (χ4n) is 2.44. The number of hydrogen-bond donors (Lipinski definition) is 1. The first kappa shape index (κ1) is 19.8. The van der Waals surface area contributed by atoms with E-state index in [2.05, 4.69) is 5.32 Å². The summed E-state index contributed by atoms with van der Waals surface area (Å²) < 4.78 is 5.13. The number of nitrogens with zero attached hydrogens (tertiary/aromatic N) is 1. The van der Waals surface area contributed by atoms with Gasteiger partial charge in [-0.3, -0.25) is 9.59 Å². The van der Waals surface area contributed by atoms with Crippen molar-refractivity contribution < 1.29 is 14.3 Å². The zero-order chi connectivity index (χ0) is 18.9. The fourth-order valence-corrected chi connectivity index (χ4v) is 2.56. The van der Waals surface area contributed by atoms with Gasteiger partial charge in [0.05, 0.1) is 13.7 Å². The number of halogens is 1. The topological polar surface area (TPSA) is 58.6 Å². The molecule has 0 saturated carbocycles. The maximum atomic E-state index is 12.1. The number of amides is 2. The third kappa shape index (κ3) is 6.41. The van der Waals surface area contributed by atoms with E-state index in [1.807, 2.05) is 36.4 Å². The van der Waals surface area contributed by atoms with Crippen LogP contribution in [0.3, 0.4) is 0 Å². The molecule has 0 aromatic heterocycles. The minimum atomic E-state index is -0.190. The van der Waals surface area contributed by atoms with Crippen molar-refractivity contribution in [3.63, 3.8) is 0 Å². The molecule has 0 fully saturated rings. The molecule has 0 aliphatic carbocycles. The first-order valence-electron chi connectivity index (χ1n) is 8.37. The SMILES string of the molecule is COc1ccc(CCN(CC(=O)NCc2ccc(Cl)cc2)C(C)=O)cc1. The minimum absolute atomic E-state index is 0.0408. The first-order valence-corrected chi connectivity index (χ1v) is 8.75. The van der Waals surface area contributed by atoms with Crippen LogP contribution in [0.2, 0.25) is 5.02 Å². The van der Waals surface area contributed by atoms with Crippen LogP contribution >= 0.6 is 11.6 Å². The number of carbonyl (C=O) groups is 2. The van der Waals surface area contributed by atoms with Crippen molar-refractivity contribution in [2.75, 3.05) is 20.2 Å². The van der Waals surface area contributed by atoms with Crippen molar-refractivity contribution in [2.24, 2.45) is 0 Å². The Bertz CT molecular complexity index is 730.